The van der Waals surface area contributed by atoms with E-state index in [0.717, 1.165) is 16.3 Å². The monoisotopic (exact) mass is 346 g/mol. The Morgan fingerprint density at radius 1 is 1.22 bits per heavy atom. The van der Waals surface area contributed by atoms with Crippen LogP contribution in [0.5, 0.6) is 0 Å². The van der Waals surface area contributed by atoms with E-state index in [0.29, 0.717) is 10.7 Å². The number of hydrogen-bond acceptors (Lipinski definition) is 3. The molecule has 1 amide bonds. The Kier molecular flexibility index (Phi) is 4.41. The van der Waals surface area contributed by atoms with E-state index >= 15 is 0 Å². The first-order chi connectivity index (χ1) is 11.0. The predicted molar refractivity (Wildman–Crippen MR) is 91.7 cm³/mol. The van der Waals surface area contributed by atoms with E-state index in [-0.39, 0.29) is 5.56 Å². The smallest absolute Gasteiger partial charge is 0.258 e. The Labute approximate surface area is 141 Å². The number of rotatable bonds is 3. The number of thiazole rings is 1. The molecule has 3 rings (SSSR count). The Morgan fingerprint density at radius 2 is 1.96 bits per heavy atom. The van der Waals surface area contributed by atoms with E-state index in [1.165, 1.54) is 18.2 Å². The molecule has 0 bridgehead atoms. The number of amides is 1. The van der Waals surface area contributed by atoms with Gasteiger partial charge in [0.15, 0.2) is 0 Å². The summed E-state index contributed by atoms with van der Waals surface area (Å²) in [5, 5.41) is 5.94. The van der Waals surface area contributed by atoms with E-state index in [1.807, 2.05) is 24.4 Å². The van der Waals surface area contributed by atoms with Gasteiger partial charge in [0, 0.05) is 21.7 Å². The van der Waals surface area contributed by atoms with Crippen molar-refractivity contribution in [2.24, 2.45) is 0 Å². The standard InChI is InChI=1S/C17H12ClFN2OS/c1-10-20-16(9-23-10)11-2-5-13(6-3-11)21-17(22)14-8-12(18)4-7-15(14)19/h2-9H,1H3,(H,21,22). The molecule has 0 fully saturated rings. The lowest BCUT2D eigenvalue weighted by atomic mass is 10.1. The van der Waals surface area contributed by atoms with Gasteiger partial charge in [-0.15, -0.1) is 11.3 Å². The molecule has 0 aliphatic carbocycles. The number of hydrogen-bond donors (Lipinski definition) is 1. The molecular formula is C17H12ClFN2OS. The number of aryl methyl sites for hydroxylation is 1. The second kappa shape index (κ2) is 6.48. The van der Waals surface area contributed by atoms with Crippen molar-refractivity contribution in [3.8, 4) is 11.3 Å². The molecule has 3 nitrogen and oxygen atoms in total. The maximum Gasteiger partial charge on any atom is 0.258 e. The first-order valence-electron chi connectivity index (χ1n) is 6.82. The molecule has 116 valence electrons. The Morgan fingerprint density at radius 3 is 2.61 bits per heavy atom. The lowest BCUT2D eigenvalue weighted by Crippen LogP contribution is -2.13. The molecule has 3 aromatic rings. The molecule has 0 aliphatic rings. The van der Waals surface area contributed by atoms with Crippen LogP contribution in [0.2, 0.25) is 5.02 Å². The normalized spacial score (nSPS) is 10.6. The maximum atomic E-state index is 13.7. The zero-order valence-electron chi connectivity index (χ0n) is 12.1. The van der Waals surface area contributed by atoms with Crippen molar-refractivity contribution in [2.45, 2.75) is 6.92 Å². The molecule has 1 aromatic heterocycles. The van der Waals surface area contributed by atoms with Crippen molar-refractivity contribution < 1.29 is 9.18 Å². The molecule has 0 radical (unpaired) electrons. The number of anilines is 1. The molecule has 0 saturated carbocycles. The number of carbonyl (C=O) groups is 1. The third-order valence-electron chi connectivity index (χ3n) is 3.23. The average molecular weight is 347 g/mol. The summed E-state index contributed by atoms with van der Waals surface area (Å²) in [6, 6.07) is 11.1. The highest BCUT2D eigenvalue weighted by atomic mass is 35.5. The van der Waals surface area contributed by atoms with Gasteiger partial charge in [-0.05, 0) is 37.3 Å². The zero-order chi connectivity index (χ0) is 16.4. The van der Waals surface area contributed by atoms with Gasteiger partial charge in [-0.2, -0.15) is 0 Å². The number of carbonyl (C=O) groups excluding carboxylic acids is 1. The first kappa shape index (κ1) is 15.6. The number of aromatic nitrogens is 1. The molecular weight excluding hydrogens is 335 g/mol. The third-order valence-corrected chi connectivity index (χ3v) is 4.24. The van der Waals surface area contributed by atoms with Crippen molar-refractivity contribution in [2.75, 3.05) is 5.32 Å². The van der Waals surface area contributed by atoms with Crippen LogP contribution >= 0.6 is 22.9 Å². The van der Waals surface area contributed by atoms with E-state index < -0.39 is 11.7 Å². The van der Waals surface area contributed by atoms with E-state index in [9.17, 15) is 9.18 Å². The molecule has 0 saturated heterocycles. The predicted octanol–water partition coefficient (Wildman–Crippen LogP) is 5.16. The maximum absolute atomic E-state index is 13.7. The van der Waals surface area contributed by atoms with Gasteiger partial charge in [0.05, 0.1) is 16.3 Å². The Bertz CT molecular complexity index is 861. The minimum atomic E-state index is -0.610. The zero-order valence-corrected chi connectivity index (χ0v) is 13.7. The van der Waals surface area contributed by atoms with Gasteiger partial charge in [0.1, 0.15) is 5.82 Å². The van der Waals surface area contributed by atoms with Crippen molar-refractivity contribution in [1.29, 1.82) is 0 Å². The summed E-state index contributed by atoms with van der Waals surface area (Å²) in [7, 11) is 0. The fourth-order valence-corrected chi connectivity index (χ4v) is 2.88. The number of nitrogens with one attached hydrogen (secondary N) is 1. The van der Waals surface area contributed by atoms with Crippen LogP contribution in [0.15, 0.2) is 47.8 Å². The fourth-order valence-electron chi connectivity index (χ4n) is 2.09. The fraction of sp³-hybridized carbons (Fsp3) is 0.0588. The van der Waals surface area contributed by atoms with Gasteiger partial charge in [-0.1, -0.05) is 23.7 Å². The summed E-state index contributed by atoms with van der Waals surface area (Å²) in [5.74, 6) is -1.15. The van der Waals surface area contributed by atoms with Crippen LogP contribution in [0.3, 0.4) is 0 Å². The van der Waals surface area contributed by atoms with Gasteiger partial charge < -0.3 is 5.32 Å². The van der Waals surface area contributed by atoms with Crippen LogP contribution in [-0.2, 0) is 0 Å². The van der Waals surface area contributed by atoms with Crippen LogP contribution in [0.1, 0.15) is 15.4 Å². The van der Waals surface area contributed by atoms with Gasteiger partial charge >= 0.3 is 0 Å². The Hall–Kier alpha value is -2.24. The Balaban J connectivity index is 1.78. The van der Waals surface area contributed by atoms with Crippen molar-refractivity contribution in [1.82, 2.24) is 4.98 Å². The topological polar surface area (TPSA) is 42.0 Å². The second-order valence-corrected chi connectivity index (χ2v) is 6.41. The second-order valence-electron chi connectivity index (χ2n) is 4.91. The molecule has 2 aromatic carbocycles. The van der Waals surface area contributed by atoms with Gasteiger partial charge in [-0.3, -0.25) is 4.79 Å². The molecule has 0 atom stereocenters. The largest absolute Gasteiger partial charge is 0.322 e. The highest BCUT2D eigenvalue weighted by molar-refractivity contribution is 7.09. The van der Waals surface area contributed by atoms with Crippen molar-refractivity contribution in [3.63, 3.8) is 0 Å². The molecule has 0 spiro atoms. The molecule has 1 heterocycles. The lowest BCUT2D eigenvalue weighted by molar-refractivity contribution is 0.102. The van der Waals surface area contributed by atoms with Crippen molar-refractivity contribution in [3.05, 3.63) is 69.3 Å². The van der Waals surface area contributed by atoms with E-state index in [1.54, 1.807) is 23.5 Å². The van der Waals surface area contributed by atoms with E-state index in [4.69, 9.17) is 11.6 Å². The highest BCUT2D eigenvalue weighted by Gasteiger charge is 2.12. The molecule has 0 aliphatic heterocycles. The van der Waals surface area contributed by atoms with Gasteiger partial charge in [-0.25, -0.2) is 9.37 Å². The minimum absolute atomic E-state index is 0.0864. The third kappa shape index (κ3) is 3.57. The van der Waals surface area contributed by atoms with Crippen LogP contribution in [0, 0.1) is 12.7 Å². The SMILES string of the molecule is Cc1nc(-c2ccc(NC(=O)c3cc(Cl)ccc3F)cc2)cs1. The molecule has 23 heavy (non-hydrogen) atoms. The number of benzene rings is 2. The summed E-state index contributed by atoms with van der Waals surface area (Å²) < 4.78 is 13.7. The average Bonchev–Trinajstić information content (AvgIpc) is 2.97. The minimum Gasteiger partial charge on any atom is -0.322 e. The van der Waals surface area contributed by atoms with E-state index in [2.05, 4.69) is 10.3 Å². The molecule has 6 heteroatoms. The summed E-state index contributed by atoms with van der Waals surface area (Å²) in [5.41, 5.74) is 2.34. The highest BCUT2D eigenvalue weighted by Crippen LogP contribution is 2.23. The van der Waals surface area contributed by atoms with Crippen LogP contribution in [-0.4, -0.2) is 10.9 Å². The van der Waals surface area contributed by atoms with Crippen molar-refractivity contribution >= 4 is 34.5 Å². The quantitative estimate of drug-likeness (QED) is 0.711. The number of nitrogens with zero attached hydrogens (tertiary/aromatic N) is 1. The van der Waals surface area contributed by atoms with Crippen LogP contribution < -0.4 is 5.32 Å². The molecule has 1 N–H and O–H groups in total. The first-order valence-corrected chi connectivity index (χ1v) is 8.07. The number of halogens is 2. The molecule has 0 unspecified atom stereocenters. The van der Waals surface area contributed by atoms with Gasteiger partial charge in [0.25, 0.3) is 5.91 Å². The van der Waals surface area contributed by atoms with Crippen LogP contribution in [0.25, 0.3) is 11.3 Å². The lowest BCUT2D eigenvalue weighted by Gasteiger charge is -2.07. The summed E-state index contributed by atoms with van der Waals surface area (Å²) in [6.07, 6.45) is 0. The summed E-state index contributed by atoms with van der Waals surface area (Å²) >= 11 is 7.38. The van der Waals surface area contributed by atoms with Gasteiger partial charge in [0.2, 0.25) is 0 Å². The summed E-state index contributed by atoms with van der Waals surface area (Å²) in [4.78, 5) is 16.5. The van der Waals surface area contributed by atoms with Crippen LogP contribution in [0.4, 0.5) is 10.1 Å². The summed E-state index contributed by atoms with van der Waals surface area (Å²) in [6.45, 7) is 1.95.